The molecule has 0 saturated carbocycles. The predicted molar refractivity (Wildman–Crippen MR) is 156 cm³/mol. The van der Waals surface area contributed by atoms with Crippen LogP contribution in [-0.4, -0.2) is 63.0 Å². The minimum atomic E-state index is -1.18. The van der Waals surface area contributed by atoms with Crippen molar-refractivity contribution in [2.45, 2.75) is 75.7 Å². The van der Waals surface area contributed by atoms with E-state index in [0.29, 0.717) is 25.1 Å². The highest BCUT2D eigenvalue weighted by Crippen LogP contribution is 2.60. The number of benzene rings is 2. The smallest absolute Gasteiger partial charge is 0.250 e. The number of nitrogens with zero attached hydrogens (tertiary/aromatic N) is 1. The molecule has 40 heavy (non-hydrogen) atoms. The number of likely N-dealkylation sites (tertiary alicyclic amines) is 1. The summed E-state index contributed by atoms with van der Waals surface area (Å²) in [5.41, 5.74) is 2.34. The van der Waals surface area contributed by atoms with Crippen molar-refractivity contribution in [3.63, 3.8) is 0 Å². The van der Waals surface area contributed by atoms with Crippen molar-refractivity contribution in [1.82, 2.24) is 10.2 Å². The van der Waals surface area contributed by atoms with E-state index in [9.17, 15) is 19.5 Å². The number of hydrogen-bond donors (Lipinski definition) is 3. The third kappa shape index (κ3) is 4.97. The molecule has 3 aliphatic heterocycles. The van der Waals surface area contributed by atoms with Crippen LogP contribution >= 0.6 is 15.9 Å². The molecule has 2 bridgehead atoms. The van der Waals surface area contributed by atoms with E-state index in [4.69, 9.17) is 4.74 Å². The molecule has 5 rings (SSSR count). The number of carbonyl (C=O) groups is 3. The Morgan fingerprint density at radius 2 is 1.88 bits per heavy atom. The fraction of sp³-hybridized carbons (Fsp3) is 0.516. The first-order valence-electron chi connectivity index (χ1n) is 14.0. The number of rotatable bonds is 9. The molecule has 2 aromatic carbocycles. The molecule has 3 heterocycles. The number of aliphatic hydroxyl groups excluding tert-OH is 1. The first-order chi connectivity index (χ1) is 19.1. The molecule has 3 N–H and O–H groups in total. The van der Waals surface area contributed by atoms with Crippen molar-refractivity contribution >= 4 is 39.3 Å². The van der Waals surface area contributed by atoms with Crippen LogP contribution in [0.3, 0.4) is 0 Å². The fourth-order valence-electron chi connectivity index (χ4n) is 6.85. The van der Waals surface area contributed by atoms with Gasteiger partial charge < -0.3 is 25.4 Å². The zero-order chi connectivity index (χ0) is 28.8. The van der Waals surface area contributed by atoms with Crippen LogP contribution < -0.4 is 10.6 Å². The van der Waals surface area contributed by atoms with E-state index >= 15 is 0 Å². The summed E-state index contributed by atoms with van der Waals surface area (Å²) in [6.45, 7) is 7.95. The van der Waals surface area contributed by atoms with Crippen molar-refractivity contribution in [3.05, 3.63) is 65.2 Å². The number of nitrogens with one attached hydrogen (secondary N) is 2. The highest BCUT2D eigenvalue weighted by molar-refractivity contribution is 9.09. The van der Waals surface area contributed by atoms with Gasteiger partial charge in [-0.3, -0.25) is 14.4 Å². The number of aryl methyl sites for hydroxylation is 2. The van der Waals surface area contributed by atoms with Crippen molar-refractivity contribution in [2.75, 3.05) is 11.9 Å². The summed E-state index contributed by atoms with van der Waals surface area (Å²) >= 11 is 3.71. The van der Waals surface area contributed by atoms with Gasteiger partial charge in [-0.15, -0.1) is 0 Å². The molecule has 8 nitrogen and oxygen atoms in total. The Kier molecular flexibility index (Phi) is 8.10. The van der Waals surface area contributed by atoms with E-state index in [2.05, 4.69) is 26.6 Å². The van der Waals surface area contributed by atoms with E-state index in [1.54, 1.807) is 0 Å². The van der Waals surface area contributed by atoms with Gasteiger partial charge in [-0.1, -0.05) is 72.2 Å². The zero-order valence-corrected chi connectivity index (χ0v) is 25.0. The molecule has 3 fully saturated rings. The molecule has 3 amide bonds. The fourth-order valence-corrected chi connectivity index (χ4v) is 7.80. The van der Waals surface area contributed by atoms with Crippen molar-refractivity contribution in [1.29, 1.82) is 0 Å². The monoisotopic (exact) mass is 611 g/mol. The van der Waals surface area contributed by atoms with E-state index in [0.717, 1.165) is 16.7 Å². The predicted octanol–water partition coefficient (Wildman–Crippen LogP) is 3.71. The Balaban J connectivity index is 1.51. The van der Waals surface area contributed by atoms with Gasteiger partial charge in [0.1, 0.15) is 11.6 Å². The molecule has 3 aliphatic rings. The summed E-state index contributed by atoms with van der Waals surface area (Å²) in [5.74, 6) is -2.33. The number of hydrogen-bond acceptors (Lipinski definition) is 5. The van der Waals surface area contributed by atoms with Gasteiger partial charge in [0.15, 0.2) is 0 Å². The summed E-state index contributed by atoms with van der Waals surface area (Å²) in [7, 11) is 0. The van der Waals surface area contributed by atoms with Crippen LogP contribution in [0.15, 0.2) is 48.5 Å². The van der Waals surface area contributed by atoms with E-state index in [1.807, 2.05) is 76.2 Å². The average molecular weight is 613 g/mol. The van der Waals surface area contributed by atoms with Crippen molar-refractivity contribution in [2.24, 2.45) is 17.8 Å². The van der Waals surface area contributed by atoms with Crippen LogP contribution in [0.4, 0.5) is 5.69 Å². The number of halogens is 1. The van der Waals surface area contributed by atoms with Gasteiger partial charge in [-0.2, -0.15) is 0 Å². The second-order valence-corrected chi connectivity index (χ2v) is 13.1. The third-order valence-corrected chi connectivity index (χ3v) is 9.43. The average Bonchev–Trinajstić information content (AvgIpc) is 3.51. The van der Waals surface area contributed by atoms with Crippen LogP contribution in [-0.2, 0) is 25.7 Å². The molecule has 1 spiro atoms. The molecule has 0 radical (unpaired) electrons. The molecule has 2 aromatic rings. The summed E-state index contributed by atoms with van der Waals surface area (Å²) in [6.07, 6.45) is 0.391. The standard InChI is InChI=1S/C31H38BrN3O5/c1-17(2)12-21(16-36)35-27(29(38)34-23-13-18(3)10-11-19(23)4)31-14-22(32)26(40-31)24(25(31)30(35)39)28(37)33-15-20-8-6-5-7-9-20/h5-11,13,17,21-22,24-27,36H,12,14-16H2,1-4H3,(H,33,37)(H,34,38)/t21-,22?,24+,25+,26+,27?,31?/m1/s1. The topological polar surface area (TPSA) is 108 Å². The molecule has 0 aromatic heterocycles. The number of ether oxygens (including phenoxy) is 1. The maximum atomic E-state index is 14.3. The van der Waals surface area contributed by atoms with E-state index in [1.165, 1.54) is 4.90 Å². The first-order valence-corrected chi connectivity index (χ1v) is 14.9. The van der Waals surface area contributed by atoms with Crippen molar-refractivity contribution < 1.29 is 24.2 Å². The van der Waals surface area contributed by atoms with Gasteiger partial charge in [0.2, 0.25) is 17.7 Å². The quantitative estimate of drug-likeness (QED) is 0.375. The molecule has 214 valence electrons. The van der Waals surface area contributed by atoms with Gasteiger partial charge >= 0.3 is 0 Å². The van der Waals surface area contributed by atoms with Gasteiger partial charge in [0.25, 0.3) is 0 Å². The Morgan fingerprint density at radius 3 is 2.55 bits per heavy atom. The third-order valence-electron chi connectivity index (χ3n) is 8.59. The number of carbonyl (C=O) groups excluding carboxylic acids is 3. The molecule has 0 aliphatic carbocycles. The zero-order valence-electron chi connectivity index (χ0n) is 23.4. The second kappa shape index (κ2) is 11.3. The van der Waals surface area contributed by atoms with Gasteiger partial charge in [-0.05, 0) is 55.4 Å². The SMILES string of the molecule is Cc1ccc(C)c(NC(=O)C2N([C@@H](CO)CC(C)C)C(=O)[C@@H]3[C@H](C(=O)NCc4ccccc4)[C@H]4OC23CC4Br)c1. The Labute approximate surface area is 244 Å². The summed E-state index contributed by atoms with van der Waals surface area (Å²) in [5, 5.41) is 16.5. The Morgan fingerprint density at radius 1 is 1.15 bits per heavy atom. The lowest BCUT2D eigenvalue weighted by Crippen LogP contribution is -2.57. The van der Waals surface area contributed by atoms with E-state index in [-0.39, 0.29) is 35.1 Å². The van der Waals surface area contributed by atoms with Gasteiger partial charge in [0, 0.05) is 17.1 Å². The lowest BCUT2D eigenvalue weighted by atomic mass is 9.70. The number of fused-ring (bicyclic) bond motifs is 1. The Bertz CT molecular complexity index is 1290. The van der Waals surface area contributed by atoms with Crippen LogP contribution in [0, 0.1) is 31.6 Å². The van der Waals surface area contributed by atoms with E-state index < -0.39 is 35.6 Å². The van der Waals surface area contributed by atoms with Gasteiger partial charge in [-0.25, -0.2) is 0 Å². The number of amides is 3. The molecular weight excluding hydrogens is 574 g/mol. The van der Waals surface area contributed by atoms with Crippen molar-refractivity contribution in [3.8, 4) is 0 Å². The first kappa shape index (κ1) is 28.8. The molecular formula is C31H38BrN3O5. The molecule has 7 atom stereocenters. The highest BCUT2D eigenvalue weighted by Gasteiger charge is 2.77. The maximum absolute atomic E-state index is 14.3. The second-order valence-electron chi connectivity index (χ2n) is 11.9. The largest absolute Gasteiger partial charge is 0.394 e. The molecule has 9 heteroatoms. The molecule has 3 saturated heterocycles. The lowest BCUT2D eigenvalue weighted by molar-refractivity contribution is -0.144. The maximum Gasteiger partial charge on any atom is 0.250 e. The van der Waals surface area contributed by atoms with Crippen LogP contribution in [0.25, 0.3) is 0 Å². The number of alkyl halides is 1. The minimum absolute atomic E-state index is 0.178. The summed E-state index contributed by atoms with van der Waals surface area (Å²) < 4.78 is 6.59. The van der Waals surface area contributed by atoms with Crippen LogP contribution in [0.2, 0.25) is 0 Å². The summed E-state index contributed by atoms with van der Waals surface area (Å²) in [6, 6.07) is 13.9. The lowest BCUT2D eigenvalue weighted by Gasteiger charge is -2.37. The highest BCUT2D eigenvalue weighted by atomic mass is 79.9. The molecule has 3 unspecified atom stereocenters. The minimum Gasteiger partial charge on any atom is -0.394 e. The Hall–Kier alpha value is -2.75. The van der Waals surface area contributed by atoms with Crippen LogP contribution in [0.1, 0.15) is 43.4 Å². The van der Waals surface area contributed by atoms with Gasteiger partial charge in [0.05, 0.1) is 30.6 Å². The normalized spacial score (nSPS) is 29.5. The van der Waals surface area contributed by atoms with Crippen LogP contribution in [0.5, 0.6) is 0 Å². The number of aliphatic hydroxyl groups is 1. The number of anilines is 1. The summed E-state index contributed by atoms with van der Waals surface area (Å²) in [4.78, 5) is 43.5.